The minimum Gasteiger partial charge on any atom is -0.497 e. The van der Waals surface area contributed by atoms with Gasteiger partial charge >= 0.3 is 0 Å². The van der Waals surface area contributed by atoms with Gasteiger partial charge in [-0.05, 0) is 42.0 Å². The Morgan fingerprint density at radius 2 is 1.75 bits per heavy atom. The predicted octanol–water partition coefficient (Wildman–Crippen LogP) is 3.89. The Balaban J connectivity index is 1.78. The van der Waals surface area contributed by atoms with E-state index < -0.39 is 0 Å². The van der Waals surface area contributed by atoms with Gasteiger partial charge in [0.2, 0.25) is 0 Å². The summed E-state index contributed by atoms with van der Waals surface area (Å²) in [5.74, 6) is 0.617. The first-order valence-corrected chi connectivity index (χ1v) is 9.05. The molecule has 1 unspecified atom stereocenters. The quantitative estimate of drug-likeness (QED) is 0.690. The van der Waals surface area contributed by atoms with Crippen LogP contribution in [0.25, 0.3) is 0 Å². The molecule has 1 atom stereocenters. The molecule has 1 aliphatic heterocycles. The summed E-state index contributed by atoms with van der Waals surface area (Å²) in [7, 11) is 3.10. The Labute approximate surface area is 162 Å². The van der Waals surface area contributed by atoms with Crippen molar-refractivity contribution in [3.63, 3.8) is 0 Å². The van der Waals surface area contributed by atoms with Crippen molar-refractivity contribution in [1.29, 1.82) is 0 Å². The number of ether oxygens (including phenoxy) is 2. The highest BCUT2D eigenvalue weighted by molar-refractivity contribution is 5.95. The van der Waals surface area contributed by atoms with Crippen LogP contribution in [0.4, 0.5) is 4.39 Å². The van der Waals surface area contributed by atoms with Gasteiger partial charge in [0.05, 0.1) is 20.3 Å². The lowest BCUT2D eigenvalue weighted by molar-refractivity contribution is 0.0663. The number of benzene rings is 2. The summed E-state index contributed by atoms with van der Waals surface area (Å²) >= 11 is 0. The molecule has 28 heavy (non-hydrogen) atoms. The molecular weight excluding hydrogens is 359 g/mol. The second-order valence-corrected chi connectivity index (χ2v) is 6.68. The number of carbonyl (C=O) groups excluding carboxylic acids is 1. The van der Waals surface area contributed by atoms with Gasteiger partial charge in [-0.15, -0.1) is 0 Å². The Kier molecular flexibility index (Phi) is 4.77. The number of rotatable bonds is 4. The monoisotopic (exact) mass is 380 g/mol. The fraction of sp³-hybridized carbons (Fsp3) is 0.227. The van der Waals surface area contributed by atoms with Crippen LogP contribution in [0.15, 0.2) is 60.8 Å². The molecule has 4 rings (SSSR count). The standard InChI is InChI=1S/C22H21FN2O3/c1-27-18-12-16(13-19(14-18)28-2)22(26)25-10-9-24-8-4-7-20(24)21(25)15-5-3-6-17(23)11-15/h3-8,11-14,21H,9-10H2,1-2H3. The number of methoxy groups -OCH3 is 2. The number of hydrogen-bond acceptors (Lipinski definition) is 3. The van der Waals surface area contributed by atoms with Crippen molar-refractivity contribution in [3.8, 4) is 11.5 Å². The topological polar surface area (TPSA) is 43.7 Å². The van der Waals surface area contributed by atoms with Crippen LogP contribution in [0.1, 0.15) is 27.7 Å². The molecule has 0 N–H and O–H groups in total. The zero-order valence-electron chi connectivity index (χ0n) is 15.8. The van der Waals surface area contributed by atoms with Crippen LogP contribution >= 0.6 is 0 Å². The van der Waals surface area contributed by atoms with Gasteiger partial charge in [-0.3, -0.25) is 4.79 Å². The van der Waals surface area contributed by atoms with E-state index in [2.05, 4.69) is 4.57 Å². The third-order valence-electron chi connectivity index (χ3n) is 5.06. The minimum atomic E-state index is -0.371. The lowest BCUT2D eigenvalue weighted by atomic mass is 9.98. The van der Waals surface area contributed by atoms with Gasteiger partial charge in [-0.25, -0.2) is 4.39 Å². The molecule has 0 saturated heterocycles. The molecule has 1 aromatic heterocycles. The van der Waals surface area contributed by atoms with E-state index in [9.17, 15) is 9.18 Å². The van der Waals surface area contributed by atoms with Crippen molar-refractivity contribution >= 4 is 5.91 Å². The summed E-state index contributed by atoms with van der Waals surface area (Å²) in [4.78, 5) is 15.2. The van der Waals surface area contributed by atoms with Gasteiger partial charge in [0.1, 0.15) is 17.3 Å². The summed E-state index contributed by atoms with van der Waals surface area (Å²) in [6.45, 7) is 1.20. The average Bonchev–Trinajstić information content (AvgIpc) is 3.20. The predicted molar refractivity (Wildman–Crippen MR) is 103 cm³/mol. The van der Waals surface area contributed by atoms with Crippen LogP contribution in [0.3, 0.4) is 0 Å². The molecule has 0 radical (unpaired) electrons. The van der Waals surface area contributed by atoms with E-state index in [0.717, 1.165) is 11.3 Å². The number of hydrogen-bond donors (Lipinski definition) is 0. The van der Waals surface area contributed by atoms with Crippen molar-refractivity contribution in [2.45, 2.75) is 12.6 Å². The maximum absolute atomic E-state index is 13.9. The molecule has 144 valence electrons. The minimum absolute atomic E-state index is 0.154. The summed E-state index contributed by atoms with van der Waals surface area (Å²) in [6, 6.07) is 15.1. The van der Waals surface area contributed by atoms with E-state index in [0.29, 0.717) is 30.2 Å². The van der Waals surface area contributed by atoms with Crippen LogP contribution in [0.5, 0.6) is 11.5 Å². The van der Waals surface area contributed by atoms with Gasteiger partial charge < -0.3 is 18.9 Å². The van der Waals surface area contributed by atoms with E-state index in [4.69, 9.17) is 9.47 Å². The number of nitrogens with zero attached hydrogens (tertiary/aromatic N) is 2. The van der Waals surface area contributed by atoms with Crippen molar-refractivity contribution in [2.75, 3.05) is 20.8 Å². The van der Waals surface area contributed by atoms with E-state index in [1.54, 1.807) is 43.4 Å². The van der Waals surface area contributed by atoms with E-state index in [1.165, 1.54) is 12.1 Å². The first kappa shape index (κ1) is 18.1. The molecule has 0 spiro atoms. The highest BCUT2D eigenvalue weighted by Crippen LogP contribution is 2.34. The molecule has 0 fully saturated rings. The maximum atomic E-state index is 13.9. The third-order valence-corrected chi connectivity index (χ3v) is 5.06. The molecule has 6 heteroatoms. The number of fused-ring (bicyclic) bond motifs is 1. The van der Waals surface area contributed by atoms with Crippen LogP contribution in [0.2, 0.25) is 0 Å². The van der Waals surface area contributed by atoms with Crippen molar-refractivity contribution in [2.24, 2.45) is 0 Å². The molecule has 5 nitrogen and oxygen atoms in total. The zero-order chi connectivity index (χ0) is 19.7. The molecule has 0 aliphatic carbocycles. The second-order valence-electron chi connectivity index (χ2n) is 6.68. The highest BCUT2D eigenvalue weighted by Gasteiger charge is 2.33. The van der Waals surface area contributed by atoms with E-state index in [-0.39, 0.29) is 17.8 Å². The van der Waals surface area contributed by atoms with Crippen LogP contribution in [0, 0.1) is 5.82 Å². The normalized spacial score (nSPS) is 15.8. The largest absolute Gasteiger partial charge is 0.497 e. The van der Waals surface area contributed by atoms with Gasteiger partial charge in [0.25, 0.3) is 5.91 Å². The fourth-order valence-corrected chi connectivity index (χ4v) is 3.73. The van der Waals surface area contributed by atoms with Crippen LogP contribution in [-0.2, 0) is 6.54 Å². The van der Waals surface area contributed by atoms with E-state index in [1.807, 2.05) is 24.4 Å². The second kappa shape index (κ2) is 7.38. The Hall–Kier alpha value is -3.28. The average molecular weight is 380 g/mol. The zero-order valence-corrected chi connectivity index (χ0v) is 15.8. The summed E-state index contributed by atoms with van der Waals surface area (Å²) in [5.41, 5.74) is 2.17. The van der Waals surface area contributed by atoms with Crippen LogP contribution in [-0.4, -0.2) is 36.1 Å². The van der Waals surface area contributed by atoms with Gasteiger partial charge in [-0.2, -0.15) is 0 Å². The first-order chi connectivity index (χ1) is 13.6. The van der Waals surface area contributed by atoms with E-state index >= 15 is 0 Å². The lowest BCUT2D eigenvalue weighted by Gasteiger charge is -2.37. The maximum Gasteiger partial charge on any atom is 0.255 e. The molecule has 0 saturated carbocycles. The SMILES string of the molecule is COc1cc(OC)cc(C(=O)N2CCn3cccc3C2c2cccc(F)c2)c1. The van der Waals surface area contributed by atoms with Gasteiger partial charge in [0, 0.05) is 36.6 Å². The van der Waals surface area contributed by atoms with Crippen molar-refractivity contribution in [3.05, 3.63) is 83.4 Å². The molecule has 1 amide bonds. The number of carbonyl (C=O) groups is 1. The van der Waals surface area contributed by atoms with Crippen molar-refractivity contribution < 1.29 is 18.7 Å². The highest BCUT2D eigenvalue weighted by atomic mass is 19.1. The smallest absolute Gasteiger partial charge is 0.255 e. The molecule has 2 heterocycles. The molecule has 0 bridgehead atoms. The molecule has 1 aliphatic rings. The lowest BCUT2D eigenvalue weighted by Crippen LogP contribution is -2.42. The Morgan fingerprint density at radius 1 is 1.00 bits per heavy atom. The fourth-order valence-electron chi connectivity index (χ4n) is 3.73. The van der Waals surface area contributed by atoms with Crippen LogP contribution < -0.4 is 9.47 Å². The van der Waals surface area contributed by atoms with Gasteiger partial charge in [-0.1, -0.05) is 12.1 Å². The van der Waals surface area contributed by atoms with Gasteiger partial charge in [0.15, 0.2) is 0 Å². The first-order valence-electron chi connectivity index (χ1n) is 9.05. The summed E-state index contributed by atoms with van der Waals surface area (Å²) < 4.78 is 26.6. The Bertz CT molecular complexity index is 992. The molecule has 2 aromatic carbocycles. The molecular formula is C22H21FN2O3. The number of halogens is 1. The molecule has 3 aromatic rings. The Morgan fingerprint density at radius 3 is 2.43 bits per heavy atom. The summed E-state index contributed by atoms with van der Waals surface area (Å²) in [5, 5.41) is 0. The summed E-state index contributed by atoms with van der Waals surface area (Å²) in [6.07, 6.45) is 1.98. The number of amides is 1. The van der Waals surface area contributed by atoms with Crippen molar-refractivity contribution in [1.82, 2.24) is 9.47 Å². The third kappa shape index (κ3) is 3.22. The number of aromatic nitrogens is 1.